The molecule has 0 unspecified atom stereocenters. The smallest absolute Gasteiger partial charge is 0.328 e. The van der Waals surface area contributed by atoms with Crippen molar-refractivity contribution in [2.75, 3.05) is 0 Å². The number of carboxylic acids is 1. The van der Waals surface area contributed by atoms with E-state index in [4.69, 9.17) is 33.0 Å². The summed E-state index contributed by atoms with van der Waals surface area (Å²) in [6.07, 6.45) is 2.55. The Hall–Kier alpha value is -1.97. The zero-order chi connectivity index (χ0) is 14.5. The van der Waals surface area contributed by atoms with E-state index in [1.165, 1.54) is 6.08 Å². The number of halogens is 2. The third kappa shape index (κ3) is 4.30. The summed E-state index contributed by atoms with van der Waals surface area (Å²) in [6, 6.07) is 11.9. The number of hydrogen-bond donors (Lipinski definition) is 1. The molecule has 0 atom stereocenters. The first-order valence-electron chi connectivity index (χ1n) is 5.68. The van der Waals surface area contributed by atoms with Crippen molar-refractivity contribution in [1.29, 1.82) is 0 Å². The highest BCUT2D eigenvalue weighted by atomic mass is 35.5. The number of rotatable bonds is 4. The minimum Gasteiger partial charge on any atom is -0.478 e. The van der Waals surface area contributed by atoms with Gasteiger partial charge in [-0.05, 0) is 42.0 Å². The maximum atomic E-state index is 10.5. The van der Waals surface area contributed by atoms with Gasteiger partial charge in [0.1, 0.15) is 11.5 Å². The third-order valence-corrected chi connectivity index (χ3v) is 2.78. The van der Waals surface area contributed by atoms with Gasteiger partial charge >= 0.3 is 5.97 Å². The summed E-state index contributed by atoms with van der Waals surface area (Å²) in [5.74, 6) is 0.0793. The van der Waals surface area contributed by atoms with Gasteiger partial charge in [-0.1, -0.05) is 35.3 Å². The summed E-state index contributed by atoms with van der Waals surface area (Å²) in [5.41, 5.74) is 0.720. The van der Waals surface area contributed by atoms with Crippen molar-refractivity contribution in [1.82, 2.24) is 0 Å². The van der Waals surface area contributed by atoms with Crippen molar-refractivity contribution in [3.8, 4) is 11.5 Å². The minimum absolute atomic E-state index is 0.481. The maximum Gasteiger partial charge on any atom is 0.328 e. The third-order valence-electron chi connectivity index (χ3n) is 2.35. The van der Waals surface area contributed by atoms with Crippen LogP contribution in [0.4, 0.5) is 0 Å². The van der Waals surface area contributed by atoms with Gasteiger partial charge in [-0.25, -0.2) is 4.79 Å². The highest BCUT2D eigenvalue weighted by Crippen LogP contribution is 2.28. The molecule has 0 aliphatic carbocycles. The predicted molar refractivity (Wildman–Crippen MR) is 79.6 cm³/mol. The number of benzene rings is 2. The molecule has 20 heavy (non-hydrogen) atoms. The van der Waals surface area contributed by atoms with Crippen LogP contribution in [0.15, 0.2) is 48.5 Å². The van der Waals surface area contributed by atoms with E-state index in [-0.39, 0.29) is 0 Å². The van der Waals surface area contributed by atoms with Crippen molar-refractivity contribution in [2.24, 2.45) is 0 Å². The summed E-state index contributed by atoms with van der Waals surface area (Å²) in [7, 11) is 0. The first-order chi connectivity index (χ1) is 9.52. The molecule has 0 saturated heterocycles. The van der Waals surface area contributed by atoms with Gasteiger partial charge in [0.25, 0.3) is 0 Å². The Labute approximate surface area is 126 Å². The Kier molecular flexibility index (Phi) is 4.66. The lowest BCUT2D eigenvalue weighted by molar-refractivity contribution is -0.131. The standard InChI is InChI=1S/C15H10Cl2O3/c16-11-7-12(17)9-14(8-11)20-13-3-1-2-10(6-13)4-5-15(18)19/h1-9H,(H,18,19)/b5-4+. The van der Waals surface area contributed by atoms with E-state index in [0.717, 1.165) is 11.6 Å². The molecule has 0 aliphatic heterocycles. The summed E-state index contributed by atoms with van der Waals surface area (Å²) < 4.78 is 5.64. The molecule has 3 nitrogen and oxygen atoms in total. The molecule has 2 rings (SSSR count). The quantitative estimate of drug-likeness (QED) is 0.818. The average molecular weight is 309 g/mol. The second-order valence-electron chi connectivity index (χ2n) is 3.95. The molecule has 5 heteroatoms. The number of carbonyl (C=O) groups is 1. The molecule has 0 bridgehead atoms. The molecule has 0 spiro atoms. The Morgan fingerprint density at radius 2 is 1.75 bits per heavy atom. The molecule has 0 aliphatic rings. The van der Waals surface area contributed by atoms with Gasteiger partial charge in [0.05, 0.1) is 0 Å². The van der Waals surface area contributed by atoms with E-state index in [1.54, 1.807) is 42.5 Å². The van der Waals surface area contributed by atoms with E-state index < -0.39 is 5.97 Å². The van der Waals surface area contributed by atoms with E-state index in [2.05, 4.69) is 0 Å². The molecule has 102 valence electrons. The van der Waals surface area contributed by atoms with E-state index in [0.29, 0.717) is 21.5 Å². The Bertz CT molecular complexity index is 646. The van der Waals surface area contributed by atoms with Gasteiger partial charge in [-0.2, -0.15) is 0 Å². The second kappa shape index (κ2) is 6.46. The van der Waals surface area contributed by atoms with Crippen LogP contribution in [-0.4, -0.2) is 11.1 Å². The van der Waals surface area contributed by atoms with Gasteiger partial charge in [-0.15, -0.1) is 0 Å². The Morgan fingerprint density at radius 1 is 1.05 bits per heavy atom. The normalized spacial score (nSPS) is 10.7. The van der Waals surface area contributed by atoms with Crippen LogP contribution in [0.1, 0.15) is 5.56 Å². The molecule has 2 aromatic carbocycles. The van der Waals surface area contributed by atoms with Crippen molar-refractivity contribution in [3.05, 3.63) is 64.1 Å². The molecule has 1 N–H and O–H groups in total. The van der Waals surface area contributed by atoms with Crippen molar-refractivity contribution in [2.45, 2.75) is 0 Å². The van der Waals surface area contributed by atoms with Gasteiger partial charge in [0, 0.05) is 16.1 Å². The molecule has 0 aromatic heterocycles. The van der Waals surface area contributed by atoms with Crippen LogP contribution in [0, 0.1) is 0 Å². The fourth-order valence-corrected chi connectivity index (χ4v) is 2.08. The molecule has 0 amide bonds. The minimum atomic E-state index is -1.00. The van der Waals surface area contributed by atoms with Gasteiger partial charge < -0.3 is 9.84 Å². The Morgan fingerprint density at radius 3 is 2.40 bits per heavy atom. The van der Waals surface area contributed by atoms with E-state index >= 15 is 0 Å². The first-order valence-corrected chi connectivity index (χ1v) is 6.43. The van der Waals surface area contributed by atoms with Gasteiger partial charge in [0.15, 0.2) is 0 Å². The summed E-state index contributed by atoms with van der Waals surface area (Å²) in [4.78, 5) is 10.5. The first kappa shape index (κ1) is 14.4. The average Bonchev–Trinajstić information content (AvgIpc) is 2.35. The highest BCUT2D eigenvalue weighted by molar-refractivity contribution is 6.34. The summed E-state index contributed by atoms with van der Waals surface area (Å²) >= 11 is 11.8. The zero-order valence-corrected chi connectivity index (χ0v) is 11.7. The Balaban J connectivity index is 2.21. The topological polar surface area (TPSA) is 46.5 Å². The van der Waals surface area contributed by atoms with Crippen molar-refractivity contribution < 1.29 is 14.6 Å². The van der Waals surface area contributed by atoms with Crippen LogP contribution in [0.5, 0.6) is 11.5 Å². The van der Waals surface area contributed by atoms with E-state index in [9.17, 15) is 4.79 Å². The van der Waals surface area contributed by atoms with Crippen LogP contribution < -0.4 is 4.74 Å². The van der Waals surface area contributed by atoms with Gasteiger partial charge in [0.2, 0.25) is 0 Å². The monoisotopic (exact) mass is 308 g/mol. The predicted octanol–water partition coefficient (Wildman–Crippen LogP) is 4.88. The molecule has 0 heterocycles. The van der Waals surface area contributed by atoms with Crippen molar-refractivity contribution in [3.63, 3.8) is 0 Å². The van der Waals surface area contributed by atoms with Crippen LogP contribution in [0.2, 0.25) is 10.0 Å². The van der Waals surface area contributed by atoms with Crippen LogP contribution >= 0.6 is 23.2 Å². The SMILES string of the molecule is O=C(O)/C=C/c1cccc(Oc2cc(Cl)cc(Cl)c2)c1. The number of aliphatic carboxylic acids is 1. The van der Waals surface area contributed by atoms with E-state index in [1.807, 2.05) is 0 Å². The van der Waals surface area contributed by atoms with Crippen LogP contribution in [-0.2, 0) is 4.79 Å². The highest BCUT2D eigenvalue weighted by Gasteiger charge is 2.02. The molecule has 2 aromatic rings. The summed E-state index contributed by atoms with van der Waals surface area (Å²) in [6.45, 7) is 0. The molecule has 0 fully saturated rings. The number of carboxylic acid groups (broad SMARTS) is 1. The molecular formula is C15H10Cl2O3. The lowest BCUT2D eigenvalue weighted by Gasteiger charge is -2.07. The lowest BCUT2D eigenvalue weighted by Crippen LogP contribution is -1.87. The molecule has 0 radical (unpaired) electrons. The van der Waals surface area contributed by atoms with Crippen molar-refractivity contribution >= 4 is 35.2 Å². The van der Waals surface area contributed by atoms with Crippen LogP contribution in [0.25, 0.3) is 6.08 Å². The fourth-order valence-electron chi connectivity index (χ4n) is 1.57. The molecular weight excluding hydrogens is 299 g/mol. The van der Waals surface area contributed by atoms with Gasteiger partial charge in [-0.3, -0.25) is 0 Å². The maximum absolute atomic E-state index is 10.5. The fraction of sp³-hybridized carbons (Fsp3) is 0. The molecule has 0 saturated carbocycles. The summed E-state index contributed by atoms with van der Waals surface area (Å²) in [5, 5.41) is 9.55. The number of ether oxygens (including phenoxy) is 1. The second-order valence-corrected chi connectivity index (χ2v) is 4.82. The lowest BCUT2D eigenvalue weighted by atomic mass is 10.2. The zero-order valence-electron chi connectivity index (χ0n) is 10.2. The van der Waals surface area contributed by atoms with Crippen LogP contribution in [0.3, 0.4) is 0 Å². The number of hydrogen-bond acceptors (Lipinski definition) is 2. The largest absolute Gasteiger partial charge is 0.478 e.